The standard InChI is InChI=1S/C12H5Cl2F4N3O3/c13-5-3-4(12(16,17)18)9(15)8(14)10(5)24-7-2-1-6(21(22)23)11(19)20-7/h1-3H,(H2,19,20). The number of aromatic nitrogens is 1. The Balaban J connectivity index is 2.46. The molecule has 2 N–H and O–H groups in total. The minimum Gasteiger partial charge on any atom is -0.436 e. The molecule has 0 aliphatic carbocycles. The van der Waals surface area contributed by atoms with Gasteiger partial charge in [0.15, 0.2) is 11.6 Å². The van der Waals surface area contributed by atoms with Crippen molar-refractivity contribution in [2.24, 2.45) is 0 Å². The maximum Gasteiger partial charge on any atom is 0.419 e. The third kappa shape index (κ3) is 3.44. The average molecular weight is 386 g/mol. The van der Waals surface area contributed by atoms with Crippen LogP contribution in [0.5, 0.6) is 11.6 Å². The minimum atomic E-state index is -5.01. The van der Waals surface area contributed by atoms with Crippen LogP contribution in [0.25, 0.3) is 0 Å². The topological polar surface area (TPSA) is 91.3 Å². The summed E-state index contributed by atoms with van der Waals surface area (Å²) in [7, 11) is 0. The fourth-order valence-electron chi connectivity index (χ4n) is 1.64. The van der Waals surface area contributed by atoms with Crippen LogP contribution in [0.2, 0.25) is 10.0 Å². The lowest BCUT2D eigenvalue weighted by molar-refractivity contribution is -0.384. The van der Waals surface area contributed by atoms with Crippen LogP contribution in [0.1, 0.15) is 5.56 Å². The summed E-state index contributed by atoms with van der Waals surface area (Å²) < 4.78 is 56.7. The first-order chi connectivity index (χ1) is 11.0. The summed E-state index contributed by atoms with van der Waals surface area (Å²) in [5.41, 5.74) is 3.16. The number of nitrogens with zero attached hydrogens (tertiary/aromatic N) is 2. The highest BCUT2D eigenvalue weighted by atomic mass is 35.5. The normalized spacial score (nSPS) is 11.4. The molecule has 0 aliphatic heterocycles. The van der Waals surface area contributed by atoms with E-state index in [0.717, 1.165) is 12.1 Å². The van der Waals surface area contributed by atoms with E-state index in [-0.39, 0.29) is 5.88 Å². The number of rotatable bonds is 3. The zero-order valence-corrected chi connectivity index (χ0v) is 12.7. The van der Waals surface area contributed by atoms with E-state index in [0.29, 0.717) is 6.07 Å². The molecule has 0 fully saturated rings. The van der Waals surface area contributed by atoms with Gasteiger partial charge in [-0.15, -0.1) is 0 Å². The lowest BCUT2D eigenvalue weighted by atomic mass is 10.2. The Morgan fingerprint density at radius 2 is 1.92 bits per heavy atom. The van der Waals surface area contributed by atoms with Crippen molar-refractivity contribution in [1.82, 2.24) is 4.98 Å². The molecule has 0 spiro atoms. The SMILES string of the molecule is Nc1nc(Oc2c(Cl)cc(C(F)(F)F)c(F)c2Cl)ccc1[N+](=O)[O-]. The Kier molecular flexibility index (Phi) is 4.72. The molecular weight excluding hydrogens is 381 g/mol. The first kappa shape index (κ1) is 18.0. The van der Waals surface area contributed by atoms with Crippen molar-refractivity contribution in [3.05, 3.63) is 49.7 Å². The Morgan fingerprint density at radius 1 is 1.29 bits per heavy atom. The van der Waals surface area contributed by atoms with Crippen molar-refractivity contribution in [3.63, 3.8) is 0 Å². The summed E-state index contributed by atoms with van der Waals surface area (Å²) in [6.45, 7) is 0. The Bertz CT molecular complexity index is 830. The van der Waals surface area contributed by atoms with Gasteiger partial charge in [0.2, 0.25) is 11.7 Å². The zero-order chi connectivity index (χ0) is 18.2. The quantitative estimate of drug-likeness (QED) is 0.353. The summed E-state index contributed by atoms with van der Waals surface area (Å²) >= 11 is 11.2. The molecule has 0 amide bonds. The van der Waals surface area contributed by atoms with Crippen molar-refractivity contribution in [1.29, 1.82) is 0 Å². The smallest absolute Gasteiger partial charge is 0.419 e. The summed E-state index contributed by atoms with van der Waals surface area (Å²) in [5, 5.41) is 8.97. The minimum absolute atomic E-state index is 0.298. The van der Waals surface area contributed by atoms with E-state index in [9.17, 15) is 27.7 Å². The average Bonchev–Trinajstić information content (AvgIpc) is 2.45. The molecule has 1 heterocycles. The van der Waals surface area contributed by atoms with E-state index in [4.69, 9.17) is 33.7 Å². The van der Waals surface area contributed by atoms with Crippen LogP contribution in [0.15, 0.2) is 18.2 Å². The second-order valence-corrected chi connectivity index (χ2v) is 5.06. The van der Waals surface area contributed by atoms with Crippen molar-refractivity contribution in [3.8, 4) is 11.6 Å². The van der Waals surface area contributed by atoms with E-state index in [1.807, 2.05) is 0 Å². The number of nitrogen functional groups attached to an aromatic ring is 1. The van der Waals surface area contributed by atoms with E-state index >= 15 is 0 Å². The van der Waals surface area contributed by atoms with Crippen LogP contribution in [-0.2, 0) is 6.18 Å². The van der Waals surface area contributed by atoms with Gasteiger partial charge in [-0.05, 0) is 6.07 Å². The highest BCUT2D eigenvalue weighted by Gasteiger charge is 2.37. The fraction of sp³-hybridized carbons (Fsp3) is 0.0833. The maximum atomic E-state index is 13.8. The van der Waals surface area contributed by atoms with Gasteiger partial charge < -0.3 is 10.5 Å². The summed E-state index contributed by atoms with van der Waals surface area (Å²) in [6.07, 6.45) is -5.01. The number of hydrogen-bond acceptors (Lipinski definition) is 5. The number of pyridine rings is 1. The molecule has 0 aliphatic rings. The molecule has 0 saturated carbocycles. The van der Waals surface area contributed by atoms with E-state index in [1.54, 1.807) is 0 Å². The monoisotopic (exact) mass is 385 g/mol. The van der Waals surface area contributed by atoms with Gasteiger partial charge in [0, 0.05) is 12.1 Å². The first-order valence-electron chi connectivity index (χ1n) is 5.85. The Morgan fingerprint density at radius 3 is 2.42 bits per heavy atom. The van der Waals surface area contributed by atoms with Crippen molar-refractivity contribution >= 4 is 34.7 Å². The molecule has 1 aromatic carbocycles. The summed E-state index contributed by atoms with van der Waals surface area (Å²) in [4.78, 5) is 13.3. The van der Waals surface area contributed by atoms with E-state index < -0.39 is 49.8 Å². The van der Waals surface area contributed by atoms with E-state index in [2.05, 4.69) is 4.98 Å². The second kappa shape index (κ2) is 6.29. The molecule has 6 nitrogen and oxygen atoms in total. The van der Waals surface area contributed by atoms with Gasteiger partial charge in [-0.1, -0.05) is 23.2 Å². The van der Waals surface area contributed by atoms with Gasteiger partial charge in [0.05, 0.1) is 15.5 Å². The maximum absolute atomic E-state index is 13.8. The van der Waals surface area contributed by atoms with Gasteiger partial charge in [-0.25, -0.2) is 4.39 Å². The molecule has 1 aromatic heterocycles. The molecule has 0 radical (unpaired) electrons. The number of halogens is 6. The van der Waals surface area contributed by atoms with Crippen molar-refractivity contribution in [2.75, 3.05) is 5.73 Å². The fourth-order valence-corrected chi connectivity index (χ4v) is 2.18. The molecule has 128 valence electrons. The van der Waals surface area contributed by atoms with Crippen molar-refractivity contribution in [2.45, 2.75) is 6.18 Å². The largest absolute Gasteiger partial charge is 0.436 e. The molecule has 0 saturated heterocycles. The predicted octanol–water partition coefficient (Wildman–Crippen LogP) is 4.83. The number of alkyl halides is 3. The number of anilines is 1. The van der Waals surface area contributed by atoms with Gasteiger partial charge in [0.1, 0.15) is 5.02 Å². The molecule has 12 heteroatoms. The lowest BCUT2D eigenvalue weighted by Gasteiger charge is -2.14. The summed E-state index contributed by atoms with van der Waals surface area (Å²) in [6, 6.07) is 2.24. The second-order valence-electron chi connectivity index (χ2n) is 4.27. The van der Waals surface area contributed by atoms with Gasteiger partial charge in [-0.2, -0.15) is 18.2 Å². The Hall–Kier alpha value is -2.33. The van der Waals surface area contributed by atoms with Crippen LogP contribution >= 0.6 is 23.2 Å². The predicted molar refractivity (Wildman–Crippen MR) is 76.8 cm³/mol. The molecule has 0 atom stereocenters. The van der Waals surface area contributed by atoms with Gasteiger partial charge in [0.25, 0.3) is 0 Å². The highest BCUT2D eigenvalue weighted by molar-refractivity contribution is 6.37. The number of benzene rings is 1. The molecule has 2 rings (SSSR count). The van der Waals surface area contributed by atoms with E-state index in [1.165, 1.54) is 0 Å². The molecule has 2 aromatic rings. The third-order valence-corrected chi connectivity index (χ3v) is 3.32. The van der Waals surface area contributed by atoms with Crippen molar-refractivity contribution < 1.29 is 27.2 Å². The number of nitro groups is 1. The number of ether oxygens (including phenoxy) is 1. The summed E-state index contributed by atoms with van der Waals surface area (Å²) in [5.74, 6) is -3.30. The van der Waals surface area contributed by atoms with Crippen LogP contribution in [0, 0.1) is 15.9 Å². The van der Waals surface area contributed by atoms with Crippen LogP contribution in [-0.4, -0.2) is 9.91 Å². The highest BCUT2D eigenvalue weighted by Crippen LogP contribution is 2.44. The first-order valence-corrected chi connectivity index (χ1v) is 6.61. The third-order valence-electron chi connectivity index (χ3n) is 2.70. The van der Waals surface area contributed by atoms with Gasteiger partial charge >= 0.3 is 11.9 Å². The van der Waals surface area contributed by atoms with Gasteiger partial charge in [-0.3, -0.25) is 10.1 Å². The number of nitrogens with two attached hydrogens (primary N) is 1. The lowest BCUT2D eigenvalue weighted by Crippen LogP contribution is -2.09. The molecular formula is C12H5Cl2F4N3O3. The zero-order valence-electron chi connectivity index (χ0n) is 11.2. The number of hydrogen-bond donors (Lipinski definition) is 1. The molecule has 0 unspecified atom stereocenters. The molecule has 0 bridgehead atoms. The van der Waals surface area contributed by atoms with Crippen LogP contribution in [0.4, 0.5) is 29.1 Å². The molecule has 24 heavy (non-hydrogen) atoms. The van der Waals surface area contributed by atoms with Crippen LogP contribution < -0.4 is 10.5 Å². The van der Waals surface area contributed by atoms with Crippen LogP contribution in [0.3, 0.4) is 0 Å². The Labute approximate surface area is 140 Å².